The molecule has 0 bridgehead atoms. The molecule has 0 aromatic carbocycles. The van der Waals surface area contributed by atoms with Crippen molar-refractivity contribution in [2.45, 2.75) is 6.92 Å². The van der Waals surface area contributed by atoms with Gasteiger partial charge in [0.15, 0.2) is 0 Å². The minimum Gasteiger partial charge on any atom is -0.460 e. The van der Waals surface area contributed by atoms with E-state index >= 15 is 0 Å². The molecule has 13 heteroatoms. The number of hydrogen-bond donors (Lipinski definition) is 1. The molecule has 0 aromatic heterocycles. The molecule has 0 amide bonds. The number of ether oxygens (including phenoxy) is 11. The summed E-state index contributed by atoms with van der Waals surface area (Å²) in [6, 6.07) is 0. The monoisotopic (exact) mass is 569 g/mol. The van der Waals surface area contributed by atoms with Gasteiger partial charge in [-0.1, -0.05) is 6.58 Å². The van der Waals surface area contributed by atoms with Gasteiger partial charge in [-0.3, -0.25) is 0 Å². The van der Waals surface area contributed by atoms with E-state index in [9.17, 15) is 4.79 Å². The van der Waals surface area contributed by atoms with E-state index in [1.165, 1.54) is 0 Å². The van der Waals surface area contributed by atoms with Crippen molar-refractivity contribution in [1.82, 2.24) is 0 Å². The van der Waals surface area contributed by atoms with Crippen LogP contribution in [0.25, 0.3) is 0 Å². The highest BCUT2D eigenvalue weighted by Gasteiger charge is 2.02. The number of carbonyl (C=O) groups excluding carboxylic acids is 1. The zero-order valence-electron chi connectivity index (χ0n) is 23.7. The van der Waals surface area contributed by atoms with Gasteiger partial charge in [0.2, 0.25) is 0 Å². The molecular weight excluding hydrogens is 518 g/mol. The number of rotatable bonds is 33. The van der Waals surface area contributed by atoms with Crippen molar-refractivity contribution >= 4 is 5.97 Å². The molecule has 0 rings (SSSR count). The molecule has 0 aliphatic carbocycles. The predicted molar refractivity (Wildman–Crippen MR) is 143 cm³/mol. The summed E-state index contributed by atoms with van der Waals surface area (Å²) in [5, 5.41) is 0. The summed E-state index contributed by atoms with van der Waals surface area (Å²) in [4.78, 5) is 11.2. The van der Waals surface area contributed by atoms with E-state index in [4.69, 9.17) is 57.8 Å². The van der Waals surface area contributed by atoms with E-state index in [1.54, 1.807) is 6.92 Å². The van der Waals surface area contributed by atoms with Crippen LogP contribution in [0, 0.1) is 0 Å². The molecule has 0 fully saturated rings. The minimum absolute atomic E-state index is 0.201. The Hall–Kier alpha value is -1.23. The average Bonchev–Trinajstić information content (AvgIpc) is 2.93. The average molecular weight is 570 g/mol. The summed E-state index contributed by atoms with van der Waals surface area (Å²) < 4.78 is 58.7. The SMILES string of the molecule is C=C(C)C(=O)OCCOCCOCCOCCOCCOCCOCCOCCOCCOCCOCCN. The van der Waals surface area contributed by atoms with Crippen molar-refractivity contribution in [3.8, 4) is 0 Å². The molecular formula is C26H51NO12. The lowest BCUT2D eigenvalue weighted by atomic mass is 10.4. The first-order valence-corrected chi connectivity index (χ1v) is 13.5. The van der Waals surface area contributed by atoms with Crippen molar-refractivity contribution in [2.75, 3.05) is 145 Å². The Kier molecular flexibility index (Phi) is 31.9. The first-order chi connectivity index (χ1) is 19.2. The Morgan fingerprint density at radius 1 is 0.436 bits per heavy atom. The molecule has 0 aliphatic heterocycles. The topological polar surface area (TPSA) is 145 Å². The van der Waals surface area contributed by atoms with E-state index in [2.05, 4.69) is 6.58 Å². The quantitative estimate of drug-likeness (QED) is 0.0655. The second-order valence-corrected chi connectivity index (χ2v) is 7.83. The second-order valence-electron chi connectivity index (χ2n) is 7.83. The van der Waals surface area contributed by atoms with Gasteiger partial charge in [0.05, 0.1) is 132 Å². The van der Waals surface area contributed by atoms with Crippen molar-refractivity contribution in [3.05, 3.63) is 12.2 Å². The Bertz CT molecular complexity index is 527. The molecule has 232 valence electrons. The van der Waals surface area contributed by atoms with E-state index in [0.717, 1.165) is 0 Å². The molecule has 0 saturated heterocycles. The predicted octanol–water partition coefficient (Wildman–Crippen LogP) is 0.230. The van der Waals surface area contributed by atoms with Crippen LogP contribution in [0.2, 0.25) is 0 Å². The summed E-state index contributed by atoms with van der Waals surface area (Å²) >= 11 is 0. The third-order valence-electron chi connectivity index (χ3n) is 4.42. The molecule has 0 radical (unpaired) electrons. The molecule has 0 aromatic rings. The fourth-order valence-electron chi connectivity index (χ4n) is 2.48. The number of carbonyl (C=O) groups is 1. The van der Waals surface area contributed by atoms with Crippen molar-refractivity contribution in [2.24, 2.45) is 5.73 Å². The summed E-state index contributed by atoms with van der Waals surface area (Å²) in [6.45, 7) is 15.7. The van der Waals surface area contributed by atoms with Crippen LogP contribution >= 0.6 is 0 Å². The maximum Gasteiger partial charge on any atom is 0.333 e. The van der Waals surface area contributed by atoms with E-state index in [-0.39, 0.29) is 6.61 Å². The smallest absolute Gasteiger partial charge is 0.333 e. The Morgan fingerprint density at radius 2 is 0.641 bits per heavy atom. The van der Waals surface area contributed by atoms with Crippen LogP contribution in [0.15, 0.2) is 12.2 Å². The third-order valence-corrected chi connectivity index (χ3v) is 4.42. The molecule has 0 heterocycles. The highest BCUT2D eigenvalue weighted by Crippen LogP contribution is 1.92. The van der Waals surface area contributed by atoms with Crippen molar-refractivity contribution in [3.63, 3.8) is 0 Å². The Morgan fingerprint density at radius 3 is 0.846 bits per heavy atom. The van der Waals surface area contributed by atoms with Gasteiger partial charge >= 0.3 is 5.97 Å². The lowest BCUT2D eigenvalue weighted by molar-refractivity contribution is -0.140. The molecule has 0 spiro atoms. The lowest BCUT2D eigenvalue weighted by Crippen LogP contribution is -2.16. The van der Waals surface area contributed by atoms with Gasteiger partial charge in [-0.2, -0.15) is 0 Å². The molecule has 0 saturated carbocycles. The second kappa shape index (κ2) is 33.0. The van der Waals surface area contributed by atoms with Gasteiger partial charge in [-0.15, -0.1) is 0 Å². The zero-order chi connectivity index (χ0) is 28.5. The van der Waals surface area contributed by atoms with E-state index < -0.39 is 5.97 Å². The first kappa shape index (κ1) is 37.8. The molecule has 39 heavy (non-hydrogen) atoms. The van der Waals surface area contributed by atoms with Gasteiger partial charge in [0.1, 0.15) is 6.61 Å². The number of hydrogen-bond acceptors (Lipinski definition) is 13. The van der Waals surface area contributed by atoms with Crippen LogP contribution < -0.4 is 5.73 Å². The molecule has 2 N–H and O–H groups in total. The highest BCUT2D eigenvalue weighted by atomic mass is 16.6. The fourth-order valence-corrected chi connectivity index (χ4v) is 2.48. The summed E-state index contributed by atoms with van der Waals surface area (Å²) in [5.41, 5.74) is 5.69. The summed E-state index contributed by atoms with van der Waals surface area (Å²) in [7, 11) is 0. The van der Waals surface area contributed by atoms with Gasteiger partial charge in [-0.05, 0) is 6.92 Å². The van der Waals surface area contributed by atoms with Crippen LogP contribution in [0.1, 0.15) is 6.92 Å². The van der Waals surface area contributed by atoms with Gasteiger partial charge < -0.3 is 57.8 Å². The fraction of sp³-hybridized carbons (Fsp3) is 0.885. The largest absolute Gasteiger partial charge is 0.460 e. The first-order valence-electron chi connectivity index (χ1n) is 13.5. The standard InChI is InChI=1S/C26H51NO12/c1-25(2)26(28)39-24-23-38-22-21-37-20-19-36-18-17-35-16-15-34-14-13-33-12-11-32-10-9-31-8-7-30-6-5-29-4-3-27/h1,3-24,27H2,2H3. The maximum absolute atomic E-state index is 11.2. The zero-order valence-corrected chi connectivity index (χ0v) is 23.7. The van der Waals surface area contributed by atoms with Crippen LogP contribution in [-0.2, 0) is 56.9 Å². The van der Waals surface area contributed by atoms with Crippen LogP contribution in [0.5, 0.6) is 0 Å². The maximum atomic E-state index is 11.2. The normalized spacial score (nSPS) is 11.2. The van der Waals surface area contributed by atoms with E-state index in [0.29, 0.717) is 144 Å². The van der Waals surface area contributed by atoms with Crippen LogP contribution in [0.3, 0.4) is 0 Å². The molecule has 0 aliphatic rings. The van der Waals surface area contributed by atoms with Gasteiger partial charge in [-0.25, -0.2) is 4.79 Å². The Balaban J connectivity index is 3.06. The number of nitrogens with two attached hydrogens (primary N) is 1. The van der Waals surface area contributed by atoms with Gasteiger partial charge in [0, 0.05) is 12.1 Å². The molecule has 0 atom stereocenters. The van der Waals surface area contributed by atoms with Crippen LogP contribution in [0.4, 0.5) is 0 Å². The van der Waals surface area contributed by atoms with Gasteiger partial charge in [0.25, 0.3) is 0 Å². The lowest BCUT2D eigenvalue weighted by Gasteiger charge is -2.09. The summed E-state index contributed by atoms with van der Waals surface area (Å²) in [6.07, 6.45) is 0. The molecule has 13 nitrogen and oxygen atoms in total. The highest BCUT2D eigenvalue weighted by molar-refractivity contribution is 5.86. The Labute approximate surface area is 233 Å². The minimum atomic E-state index is -0.412. The third kappa shape index (κ3) is 32.9. The summed E-state index contributed by atoms with van der Waals surface area (Å²) in [5.74, 6) is -0.412. The van der Waals surface area contributed by atoms with E-state index in [1.807, 2.05) is 0 Å². The van der Waals surface area contributed by atoms with Crippen LogP contribution in [-0.4, -0.2) is 151 Å². The number of esters is 1. The van der Waals surface area contributed by atoms with Crippen molar-refractivity contribution in [1.29, 1.82) is 0 Å². The molecule has 0 unspecified atom stereocenters. The van der Waals surface area contributed by atoms with Crippen molar-refractivity contribution < 1.29 is 56.9 Å².